The van der Waals surface area contributed by atoms with E-state index in [1.165, 1.54) is 11.3 Å². The molecule has 0 spiro atoms. The largest absolute Gasteiger partial charge is 0.378 e. The highest BCUT2D eigenvalue weighted by atomic mass is 32.1. The van der Waals surface area contributed by atoms with E-state index in [9.17, 15) is 9.59 Å². The molecule has 2 fully saturated rings. The third kappa shape index (κ3) is 4.37. The van der Waals surface area contributed by atoms with Crippen LogP contribution in [0.2, 0.25) is 0 Å². The molecular weight excluding hydrogens is 492 g/mol. The Hall–Kier alpha value is -3.74. The number of anilines is 3. The number of fused-ring (bicyclic) bond motifs is 1. The van der Waals surface area contributed by atoms with Gasteiger partial charge in [-0.3, -0.25) is 14.3 Å². The van der Waals surface area contributed by atoms with Crippen LogP contribution in [0.3, 0.4) is 0 Å². The summed E-state index contributed by atoms with van der Waals surface area (Å²) in [7, 11) is 1.77. The number of carbonyl (C=O) groups excluding carboxylic acids is 1. The second-order valence-corrected chi connectivity index (χ2v) is 9.87. The number of hydrogen-bond acceptors (Lipinski definition) is 9. The van der Waals surface area contributed by atoms with Crippen molar-refractivity contribution < 1.29 is 9.53 Å². The highest BCUT2D eigenvalue weighted by Crippen LogP contribution is 2.29. The Bertz CT molecular complexity index is 1500. The molecule has 0 unspecified atom stereocenters. The Morgan fingerprint density at radius 3 is 2.68 bits per heavy atom. The number of nitrogens with zero attached hydrogens (tertiary/aromatic N) is 6. The highest BCUT2D eigenvalue weighted by Gasteiger charge is 2.23. The molecule has 2 aliphatic rings. The van der Waals surface area contributed by atoms with Crippen LogP contribution in [0.4, 0.5) is 17.1 Å². The van der Waals surface area contributed by atoms with E-state index in [-0.39, 0.29) is 16.6 Å². The number of aryl methyl sites for hydroxylation is 1. The van der Waals surface area contributed by atoms with E-state index in [0.29, 0.717) is 24.7 Å². The summed E-state index contributed by atoms with van der Waals surface area (Å²) in [5.41, 5.74) is 3.95. The van der Waals surface area contributed by atoms with Crippen LogP contribution in [-0.2, 0) is 11.8 Å². The summed E-state index contributed by atoms with van der Waals surface area (Å²) in [5, 5.41) is 8.33. The van der Waals surface area contributed by atoms with Gasteiger partial charge >= 0.3 is 5.69 Å². The lowest BCUT2D eigenvalue weighted by Crippen LogP contribution is -2.43. The summed E-state index contributed by atoms with van der Waals surface area (Å²) in [6.45, 7) is 6.33. The first-order chi connectivity index (χ1) is 18.1. The van der Waals surface area contributed by atoms with Gasteiger partial charge in [-0.1, -0.05) is 6.07 Å². The summed E-state index contributed by atoms with van der Waals surface area (Å²) < 4.78 is 8.72. The molecule has 0 saturated carbocycles. The molecule has 6 rings (SSSR count). The molecule has 4 aromatic rings. The number of morpholine rings is 1. The van der Waals surface area contributed by atoms with Gasteiger partial charge in [0, 0.05) is 57.9 Å². The van der Waals surface area contributed by atoms with Crippen molar-refractivity contribution >= 4 is 45.3 Å². The maximum atomic E-state index is 13.3. The fraction of sp³-hybridized carbons (Fsp3) is 0.360. The highest BCUT2D eigenvalue weighted by molar-refractivity contribution is 7.12. The minimum Gasteiger partial charge on any atom is -0.378 e. The molecule has 2 N–H and O–H groups in total. The van der Waals surface area contributed by atoms with E-state index in [1.807, 2.05) is 24.3 Å². The first-order valence-corrected chi connectivity index (χ1v) is 13.2. The first-order valence-electron chi connectivity index (χ1n) is 12.3. The van der Waals surface area contributed by atoms with Gasteiger partial charge in [0.25, 0.3) is 5.91 Å². The summed E-state index contributed by atoms with van der Waals surface area (Å²) in [4.78, 5) is 39.7. The minimum atomic E-state index is -0.331. The summed E-state index contributed by atoms with van der Waals surface area (Å²) in [6.07, 6.45) is 3.39. The zero-order valence-corrected chi connectivity index (χ0v) is 21.3. The van der Waals surface area contributed by atoms with E-state index in [4.69, 9.17) is 4.74 Å². The third-order valence-corrected chi connectivity index (χ3v) is 7.65. The molecule has 5 heterocycles. The average molecular weight is 521 g/mol. The van der Waals surface area contributed by atoms with Gasteiger partial charge in [-0.2, -0.15) is 0 Å². The number of rotatable bonds is 5. The third-order valence-electron chi connectivity index (χ3n) is 6.82. The Balaban J connectivity index is 1.31. The Labute approximate surface area is 217 Å². The number of benzene rings is 1. The normalized spacial score (nSPS) is 16.4. The number of amides is 1. The predicted octanol–water partition coefficient (Wildman–Crippen LogP) is 1.68. The van der Waals surface area contributed by atoms with Crippen LogP contribution >= 0.6 is 11.3 Å². The van der Waals surface area contributed by atoms with Crippen LogP contribution in [0, 0.1) is 0 Å². The summed E-state index contributed by atoms with van der Waals surface area (Å²) >= 11 is 1.21. The number of piperazine rings is 1. The van der Waals surface area contributed by atoms with Crippen LogP contribution < -0.4 is 26.1 Å². The molecule has 0 radical (unpaired) electrons. The summed E-state index contributed by atoms with van der Waals surface area (Å²) in [6, 6.07) is 7.80. The summed E-state index contributed by atoms with van der Waals surface area (Å²) in [5.74, 6) is 0.0984. The van der Waals surface area contributed by atoms with Crippen molar-refractivity contribution in [1.29, 1.82) is 0 Å². The standard InChI is InChI=1S/C25H28N8O3S/c1-30-22-19(32-11-13-36-14-12-32)3-2-4-20(22)33(25(30)35)21-16-37-24(29-21)23(34)28-17-15-27-6-5-18(17)31-9-7-26-8-10-31/h2-6,15-16,26H,7-14H2,1H3,(H,28,34). The van der Waals surface area contributed by atoms with Crippen molar-refractivity contribution in [2.45, 2.75) is 0 Å². The maximum absolute atomic E-state index is 13.3. The van der Waals surface area contributed by atoms with Crippen molar-refractivity contribution in [3.63, 3.8) is 0 Å². The zero-order valence-electron chi connectivity index (χ0n) is 20.5. The number of thiazole rings is 1. The number of hydrogen-bond donors (Lipinski definition) is 2. The van der Waals surface area contributed by atoms with Gasteiger partial charge in [-0.15, -0.1) is 11.3 Å². The van der Waals surface area contributed by atoms with Gasteiger partial charge in [0.1, 0.15) is 0 Å². The number of carbonyl (C=O) groups is 1. The number of pyridine rings is 1. The second-order valence-electron chi connectivity index (χ2n) is 9.02. The van der Waals surface area contributed by atoms with Crippen LogP contribution in [0.25, 0.3) is 16.9 Å². The van der Waals surface area contributed by atoms with E-state index in [0.717, 1.165) is 61.7 Å². The molecule has 0 atom stereocenters. The molecule has 2 aliphatic heterocycles. The van der Waals surface area contributed by atoms with Crippen molar-refractivity contribution in [2.24, 2.45) is 7.05 Å². The molecule has 37 heavy (non-hydrogen) atoms. The Kier molecular flexibility index (Phi) is 6.37. The monoisotopic (exact) mass is 520 g/mol. The van der Waals surface area contributed by atoms with Crippen molar-refractivity contribution in [2.75, 3.05) is 67.6 Å². The van der Waals surface area contributed by atoms with Crippen LogP contribution in [0.1, 0.15) is 9.80 Å². The van der Waals surface area contributed by atoms with E-state index >= 15 is 0 Å². The topological polar surface area (TPSA) is 110 Å². The van der Waals surface area contributed by atoms with Crippen molar-refractivity contribution in [3.8, 4) is 5.82 Å². The molecule has 3 aromatic heterocycles. The molecular formula is C25H28N8O3S. The van der Waals surface area contributed by atoms with Crippen molar-refractivity contribution in [3.05, 3.63) is 57.5 Å². The lowest BCUT2D eigenvalue weighted by atomic mass is 10.2. The zero-order chi connectivity index (χ0) is 25.4. The second kappa shape index (κ2) is 9.96. The molecule has 0 aliphatic carbocycles. The number of nitrogens with one attached hydrogen (secondary N) is 2. The maximum Gasteiger partial charge on any atom is 0.334 e. The molecule has 192 valence electrons. The molecule has 1 amide bonds. The quantitative estimate of drug-likeness (QED) is 0.409. The van der Waals surface area contributed by atoms with Gasteiger partial charge in [0.2, 0.25) is 0 Å². The lowest BCUT2D eigenvalue weighted by Gasteiger charge is -2.30. The number of imidazole rings is 1. The molecule has 2 saturated heterocycles. The minimum absolute atomic E-state index is 0.207. The smallest absolute Gasteiger partial charge is 0.334 e. The lowest BCUT2D eigenvalue weighted by molar-refractivity contribution is 0.102. The number of para-hydroxylation sites is 1. The molecule has 1 aromatic carbocycles. The Morgan fingerprint density at radius 2 is 1.86 bits per heavy atom. The average Bonchev–Trinajstić information content (AvgIpc) is 3.53. The molecule has 12 heteroatoms. The molecule has 0 bridgehead atoms. The van der Waals surface area contributed by atoms with Gasteiger partial charge in [0.05, 0.1) is 47.5 Å². The van der Waals surface area contributed by atoms with Gasteiger partial charge in [-0.25, -0.2) is 14.3 Å². The van der Waals surface area contributed by atoms with E-state index in [1.54, 1.807) is 34.0 Å². The Morgan fingerprint density at radius 1 is 1.08 bits per heavy atom. The van der Waals surface area contributed by atoms with Gasteiger partial charge in [0.15, 0.2) is 10.8 Å². The fourth-order valence-electron chi connectivity index (χ4n) is 4.99. The van der Waals surface area contributed by atoms with Gasteiger partial charge in [-0.05, 0) is 18.2 Å². The van der Waals surface area contributed by atoms with E-state index < -0.39 is 0 Å². The van der Waals surface area contributed by atoms with Crippen LogP contribution in [-0.4, -0.2) is 77.5 Å². The predicted molar refractivity (Wildman–Crippen MR) is 144 cm³/mol. The SMILES string of the molecule is Cn1c(=O)n(-c2csc(C(=O)Nc3cnccc3N3CCNCC3)n2)c2cccc(N3CCOCC3)c21. The number of aromatic nitrogens is 4. The molecule has 11 nitrogen and oxygen atoms in total. The number of ether oxygens (including phenoxy) is 1. The van der Waals surface area contributed by atoms with E-state index in [2.05, 4.69) is 30.4 Å². The first kappa shape index (κ1) is 23.6. The fourth-order valence-corrected chi connectivity index (χ4v) is 5.67. The van der Waals surface area contributed by atoms with Gasteiger partial charge < -0.3 is 25.2 Å². The van der Waals surface area contributed by atoms with Crippen LogP contribution in [0.5, 0.6) is 0 Å². The van der Waals surface area contributed by atoms with Crippen molar-refractivity contribution in [1.82, 2.24) is 24.4 Å². The van der Waals surface area contributed by atoms with Crippen LogP contribution in [0.15, 0.2) is 46.8 Å².